The third kappa shape index (κ3) is 1.95. The van der Waals surface area contributed by atoms with Gasteiger partial charge in [0.1, 0.15) is 0 Å². The molecule has 3 amide bonds. The number of amides is 3. The second-order valence-corrected chi connectivity index (χ2v) is 5.02. The van der Waals surface area contributed by atoms with Crippen LogP contribution in [0.25, 0.3) is 0 Å². The van der Waals surface area contributed by atoms with Gasteiger partial charge in [0.25, 0.3) is 0 Å². The predicted molar refractivity (Wildman–Crippen MR) is 62.1 cm³/mol. The van der Waals surface area contributed by atoms with Crippen molar-refractivity contribution in [3.8, 4) is 0 Å². The van der Waals surface area contributed by atoms with E-state index in [0.717, 1.165) is 4.88 Å². The Hall–Kier alpha value is -1.36. The Morgan fingerprint density at radius 1 is 1.56 bits per heavy atom. The average Bonchev–Trinajstić information content (AvgIpc) is 2.75. The van der Waals surface area contributed by atoms with Crippen LogP contribution >= 0.6 is 11.3 Å². The molecule has 1 saturated heterocycles. The fraction of sp³-hybridized carbons (Fsp3) is 0.455. The summed E-state index contributed by atoms with van der Waals surface area (Å²) in [5, 5.41) is 4.36. The summed E-state index contributed by atoms with van der Waals surface area (Å²) < 4.78 is 0. The molecule has 0 bridgehead atoms. The van der Waals surface area contributed by atoms with Crippen LogP contribution in [0.2, 0.25) is 0 Å². The lowest BCUT2D eigenvalue weighted by Gasteiger charge is -2.34. The molecule has 5 heteroatoms. The highest BCUT2D eigenvalue weighted by molar-refractivity contribution is 7.10. The minimum Gasteiger partial charge on any atom is -0.316 e. The van der Waals surface area contributed by atoms with Gasteiger partial charge in [-0.15, -0.1) is 11.3 Å². The zero-order valence-electron chi connectivity index (χ0n) is 9.27. The third-order valence-electron chi connectivity index (χ3n) is 2.83. The molecule has 2 unspecified atom stereocenters. The summed E-state index contributed by atoms with van der Waals surface area (Å²) in [5.41, 5.74) is 0. The fourth-order valence-corrected chi connectivity index (χ4v) is 2.57. The molecule has 1 N–H and O–H groups in total. The van der Waals surface area contributed by atoms with Crippen molar-refractivity contribution < 1.29 is 9.59 Å². The molecule has 0 aliphatic carbocycles. The standard InChI is InChI=1S/C11H14N2O2S/c1-7-6-13(11(15)12-10(7)14)8(2)9-4-3-5-16-9/h3-5,7-8H,6H2,1-2H3,(H,12,14,15). The number of imide groups is 1. The van der Waals surface area contributed by atoms with E-state index >= 15 is 0 Å². The second kappa shape index (κ2) is 4.25. The van der Waals surface area contributed by atoms with Crippen LogP contribution in [0, 0.1) is 5.92 Å². The Morgan fingerprint density at radius 3 is 2.94 bits per heavy atom. The van der Waals surface area contributed by atoms with Gasteiger partial charge < -0.3 is 4.90 Å². The van der Waals surface area contributed by atoms with Gasteiger partial charge in [0.2, 0.25) is 5.91 Å². The molecular weight excluding hydrogens is 224 g/mol. The Balaban J connectivity index is 2.15. The van der Waals surface area contributed by atoms with Crippen molar-refractivity contribution in [3.05, 3.63) is 22.4 Å². The van der Waals surface area contributed by atoms with Crippen LogP contribution < -0.4 is 5.32 Å². The summed E-state index contributed by atoms with van der Waals surface area (Å²) in [6.45, 7) is 4.30. The molecule has 1 aromatic heterocycles. The maximum absolute atomic E-state index is 11.7. The van der Waals surface area contributed by atoms with Crippen molar-refractivity contribution in [2.24, 2.45) is 5.92 Å². The van der Waals surface area contributed by atoms with Gasteiger partial charge in [-0.25, -0.2) is 4.79 Å². The van der Waals surface area contributed by atoms with Crippen molar-refractivity contribution in [2.45, 2.75) is 19.9 Å². The van der Waals surface area contributed by atoms with Crippen LogP contribution in [-0.4, -0.2) is 23.4 Å². The molecule has 2 heterocycles. The smallest absolute Gasteiger partial charge is 0.316 e. The molecule has 0 saturated carbocycles. The number of nitrogens with one attached hydrogen (secondary N) is 1. The van der Waals surface area contributed by atoms with Crippen LogP contribution in [0.5, 0.6) is 0 Å². The Morgan fingerprint density at radius 2 is 2.31 bits per heavy atom. The number of urea groups is 1. The van der Waals surface area contributed by atoms with E-state index in [9.17, 15) is 9.59 Å². The van der Waals surface area contributed by atoms with E-state index < -0.39 is 0 Å². The largest absolute Gasteiger partial charge is 0.324 e. The first-order valence-electron chi connectivity index (χ1n) is 5.24. The van der Waals surface area contributed by atoms with E-state index in [1.165, 1.54) is 0 Å². The predicted octanol–water partition coefficient (Wildman–Crippen LogP) is 2.00. The van der Waals surface area contributed by atoms with Gasteiger partial charge in [0, 0.05) is 11.4 Å². The fourth-order valence-electron chi connectivity index (χ4n) is 1.78. The van der Waals surface area contributed by atoms with E-state index in [-0.39, 0.29) is 23.9 Å². The first-order chi connectivity index (χ1) is 7.59. The van der Waals surface area contributed by atoms with Gasteiger partial charge in [-0.1, -0.05) is 13.0 Å². The Bertz CT molecular complexity index is 402. The molecule has 0 spiro atoms. The van der Waals surface area contributed by atoms with Crippen LogP contribution in [0.15, 0.2) is 17.5 Å². The number of nitrogens with zero attached hydrogens (tertiary/aromatic N) is 1. The second-order valence-electron chi connectivity index (χ2n) is 4.04. The van der Waals surface area contributed by atoms with Gasteiger partial charge in [0.15, 0.2) is 0 Å². The molecule has 0 radical (unpaired) electrons. The normalized spacial score (nSPS) is 23.1. The minimum absolute atomic E-state index is 0.0237. The molecule has 1 aliphatic rings. The van der Waals surface area contributed by atoms with Crippen molar-refractivity contribution in [3.63, 3.8) is 0 Å². The molecule has 1 fully saturated rings. The number of hydrogen-bond acceptors (Lipinski definition) is 3. The number of hydrogen-bond donors (Lipinski definition) is 1. The molecule has 1 aliphatic heterocycles. The van der Waals surface area contributed by atoms with E-state index in [0.29, 0.717) is 6.54 Å². The summed E-state index contributed by atoms with van der Waals surface area (Å²) in [4.78, 5) is 25.8. The first kappa shape index (κ1) is 11.1. The number of carbonyl (C=O) groups is 2. The molecule has 16 heavy (non-hydrogen) atoms. The molecule has 86 valence electrons. The van der Waals surface area contributed by atoms with Crippen LogP contribution in [0.3, 0.4) is 0 Å². The third-order valence-corrected chi connectivity index (χ3v) is 3.87. The molecule has 2 atom stereocenters. The molecular formula is C11H14N2O2S. The topological polar surface area (TPSA) is 49.4 Å². The average molecular weight is 238 g/mol. The molecule has 1 aromatic rings. The number of carbonyl (C=O) groups excluding carboxylic acids is 2. The van der Waals surface area contributed by atoms with Crippen molar-refractivity contribution >= 4 is 23.3 Å². The van der Waals surface area contributed by atoms with Crippen molar-refractivity contribution in [2.75, 3.05) is 6.54 Å². The monoisotopic (exact) mass is 238 g/mol. The zero-order valence-corrected chi connectivity index (χ0v) is 10.1. The van der Waals surface area contributed by atoms with Gasteiger partial charge in [-0.2, -0.15) is 0 Å². The highest BCUT2D eigenvalue weighted by atomic mass is 32.1. The van der Waals surface area contributed by atoms with Gasteiger partial charge in [-0.3, -0.25) is 10.1 Å². The molecule has 2 rings (SSSR count). The summed E-state index contributed by atoms with van der Waals surface area (Å²) >= 11 is 1.62. The number of rotatable bonds is 2. The van der Waals surface area contributed by atoms with E-state index in [2.05, 4.69) is 5.32 Å². The molecule has 0 aromatic carbocycles. The SMILES string of the molecule is CC1CN(C(C)c2cccs2)C(=O)NC1=O. The van der Waals surface area contributed by atoms with Gasteiger partial charge >= 0.3 is 6.03 Å². The van der Waals surface area contributed by atoms with Crippen molar-refractivity contribution in [1.82, 2.24) is 10.2 Å². The lowest BCUT2D eigenvalue weighted by Crippen LogP contribution is -2.54. The number of thiophene rings is 1. The quantitative estimate of drug-likeness (QED) is 0.856. The van der Waals surface area contributed by atoms with Crippen LogP contribution in [0.1, 0.15) is 24.8 Å². The van der Waals surface area contributed by atoms with E-state index in [1.807, 2.05) is 31.4 Å². The maximum atomic E-state index is 11.7. The highest BCUT2D eigenvalue weighted by Crippen LogP contribution is 2.26. The van der Waals surface area contributed by atoms with E-state index in [4.69, 9.17) is 0 Å². The Labute approximate surface area is 98.3 Å². The summed E-state index contributed by atoms with van der Waals surface area (Å²) in [5.74, 6) is -0.320. The van der Waals surface area contributed by atoms with Crippen LogP contribution in [-0.2, 0) is 4.79 Å². The lowest BCUT2D eigenvalue weighted by atomic mass is 10.1. The Kier molecular flexibility index (Phi) is 2.96. The van der Waals surface area contributed by atoms with Crippen LogP contribution in [0.4, 0.5) is 4.79 Å². The van der Waals surface area contributed by atoms with Gasteiger partial charge in [-0.05, 0) is 18.4 Å². The molecule has 4 nitrogen and oxygen atoms in total. The zero-order chi connectivity index (χ0) is 11.7. The highest BCUT2D eigenvalue weighted by Gasteiger charge is 2.32. The minimum atomic E-state index is -0.288. The first-order valence-corrected chi connectivity index (χ1v) is 6.12. The summed E-state index contributed by atoms with van der Waals surface area (Å²) in [6.07, 6.45) is 0. The lowest BCUT2D eigenvalue weighted by molar-refractivity contribution is -0.125. The van der Waals surface area contributed by atoms with Crippen molar-refractivity contribution in [1.29, 1.82) is 0 Å². The summed E-state index contributed by atoms with van der Waals surface area (Å²) in [6, 6.07) is 3.70. The van der Waals surface area contributed by atoms with E-state index in [1.54, 1.807) is 16.2 Å². The van der Waals surface area contributed by atoms with Gasteiger partial charge in [0.05, 0.1) is 12.0 Å². The maximum Gasteiger partial charge on any atom is 0.324 e. The summed E-state index contributed by atoms with van der Waals surface area (Å²) in [7, 11) is 0.